The molecule has 7 heteroatoms. The second kappa shape index (κ2) is 6.32. The lowest BCUT2D eigenvalue weighted by molar-refractivity contribution is 0.509. The van der Waals surface area contributed by atoms with Gasteiger partial charge in [-0.2, -0.15) is 0 Å². The van der Waals surface area contributed by atoms with Gasteiger partial charge in [0.15, 0.2) is 0 Å². The van der Waals surface area contributed by atoms with E-state index in [0.29, 0.717) is 6.04 Å². The molecule has 0 atom stereocenters. The number of aromatic nitrogens is 4. The molecule has 0 aliphatic heterocycles. The fourth-order valence-electron chi connectivity index (χ4n) is 1.83. The van der Waals surface area contributed by atoms with Crippen LogP contribution in [-0.2, 0) is 12.3 Å². The van der Waals surface area contributed by atoms with Crippen molar-refractivity contribution in [1.29, 1.82) is 0 Å². The first kappa shape index (κ1) is 13.5. The topological polar surface area (TPSA) is 55.6 Å². The van der Waals surface area contributed by atoms with Crippen LogP contribution in [0.1, 0.15) is 18.4 Å². The lowest BCUT2D eigenvalue weighted by atomic mass is 10.2. The van der Waals surface area contributed by atoms with Crippen LogP contribution in [0.25, 0.3) is 0 Å². The zero-order valence-corrected chi connectivity index (χ0v) is 11.8. The van der Waals surface area contributed by atoms with Gasteiger partial charge in [-0.25, -0.2) is 9.07 Å². The van der Waals surface area contributed by atoms with Gasteiger partial charge in [-0.3, -0.25) is 0 Å². The van der Waals surface area contributed by atoms with Gasteiger partial charge in [0.25, 0.3) is 0 Å². The number of hydrogen-bond acceptors (Lipinski definition) is 5. The van der Waals surface area contributed by atoms with E-state index >= 15 is 0 Å². The van der Waals surface area contributed by atoms with Gasteiger partial charge in [0, 0.05) is 18.3 Å². The van der Waals surface area contributed by atoms with Crippen molar-refractivity contribution in [2.24, 2.45) is 0 Å². The Morgan fingerprint density at radius 2 is 2.10 bits per heavy atom. The summed E-state index contributed by atoms with van der Waals surface area (Å²) in [5, 5.41) is 16.0. The van der Waals surface area contributed by atoms with Crippen molar-refractivity contribution in [3.8, 4) is 0 Å². The number of tetrazole rings is 1. The lowest BCUT2D eigenvalue weighted by Gasteiger charge is -2.05. The normalized spacial score (nSPS) is 14.7. The number of benzene rings is 1. The molecule has 0 amide bonds. The molecule has 0 unspecified atom stereocenters. The number of nitrogens with zero attached hydrogens (tertiary/aromatic N) is 4. The Balaban J connectivity index is 1.51. The van der Waals surface area contributed by atoms with Crippen LogP contribution in [0, 0.1) is 5.82 Å². The van der Waals surface area contributed by atoms with E-state index in [0.717, 1.165) is 29.6 Å². The van der Waals surface area contributed by atoms with Crippen LogP contribution < -0.4 is 5.32 Å². The van der Waals surface area contributed by atoms with Gasteiger partial charge in [-0.15, -0.1) is 5.10 Å². The molecule has 5 nitrogen and oxygen atoms in total. The first-order chi connectivity index (χ1) is 9.81. The first-order valence-corrected chi connectivity index (χ1v) is 7.66. The molecule has 1 saturated carbocycles. The fourth-order valence-corrected chi connectivity index (χ4v) is 2.69. The molecule has 1 aromatic heterocycles. The summed E-state index contributed by atoms with van der Waals surface area (Å²) < 4.78 is 14.6. The molecule has 1 aromatic carbocycles. The second-order valence-corrected chi connectivity index (χ2v) is 5.77. The Labute approximate surface area is 120 Å². The van der Waals surface area contributed by atoms with E-state index in [2.05, 4.69) is 20.8 Å². The summed E-state index contributed by atoms with van der Waals surface area (Å²) in [5.41, 5.74) is 1.06. The summed E-state index contributed by atoms with van der Waals surface area (Å²) in [7, 11) is 0. The second-order valence-electron chi connectivity index (χ2n) is 4.83. The maximum atomic E-state index is 12.8. The number of nitrogens with one attached hydrogen (secondary N) is 1. The highest BCUT2D eigenvalue weighted by molar-refractivity contribution is 7.98. The van der Waals surface area contributed by atoms with Crippen LogP contribution in [-0.4, -0.2) is 32.8 Å². The molecule has 3 rings (SSSR count). The molecule has 1 aliphatic rings. The average molecular weight is 293 g/mol. The van der Waals surface area contributed by atoms with E-state index < -0.39 is 0 Å². The summed E-state index contributed by atoms with van der Waals surface area (Å²) in [6, 6.07) is 7.20. The zero-order chi connectivity index (χ0) is 13.8. The van der Waals surface area contributed by atoms with Gasteiger partial charge in [-0.1, -0.05) is 23.9 Å². The molecular formula is C13H16FN5S. The molecule has 0 radical (unpaired) electrons. The quantitative estimate of drug-likeness (QED) is 0.790. The Kier molecular flexibility index (Phi) is 4.27. The van der Waals surface area contributed by atoms with E-state index in [1.807, 2.05) is 4.68 Å². The SMILES string of the molecule is Fc1ccc(CSc2nnnn2CCNC2CC2)cc1. The number of rotatable bonds is 7. The molecule has 2 aromatic rings. The lowest BCUT2D eigenvalue weighted by Crippen LogP contribution is -2.22. The zero-order valence-electron chi connectivity index (χ0n) is 11.0. The van der Waals surface area contributed by atoms with Crippen LogP contribution in [0.4, 0.5) is 4.39 Å². The molecule has 0 bridgehead atoms. The molecule has 0 saturated heterocycles. The van der Waals surface area contributed by atoms with Gasteiger partial charge in [0.1, 0.15) is 5.82 Å². The minimum Gasteiger partial charge on any atom is -0.312 e. The summed E-state index contributed by atoms with van der Waals surface area (Å²) in [6.07, 6.45) is 2.56. The third-order valence-electron chi connectivity index (χ3n) is 3.11. The van der Waals surface area contributed by atoms with Crippen molar-refractivity contribution in [2.75, 3.05) is 6.54 Å². The summed E-state index contributed by atoms with van der Waals surface area (Å²) >= 11 is 1.56. The molecule has 0 spiro atoms. The van der Waals surface area contributed by atoms with Crippen LogP contribution in [0.5, 0.6) is 0 Å². The Morgan fingerprint density at radius 3 is 2.85 bits per heavy atom. The number of halogens is 1. The van der Waals surface area contributed by atoms with Crippen molar-refractivity contribution in [3.63, 3.8) is 0 Å². The molecule has 1 aliphatic carbocycles. The van der Waals surface area contributed by atoms with E-state index in [4.69, 9.17) is 0 Å². The third-order valence-corrected chi connectivity index (χ3v) is 4.14. The average Bonchev–Trinajstić information content (AvgIpc) is 3.17. The van der Waals surface area contributed by atoms with Gasteiger partial charge in [0.2, 0.25) is 5.16 Å². The van der Waals surface area contributed by atoms with E-state index in [1.54, 1.807) is 23.9 Å². The summed E-state index contributed by atoms with van der Waals surface area (Å²) in [6.45, 7) is 1.66. The van der Waals surface area contributed by atoms with E-state index in [1.165, 1.54) is 25.0 Å². The van der Waals surface area contributed by atoms with Crippen molar-refractivity contribution >= 4 is 11.8 Å². The van der Waals surface area contributed by atoms with Gasteiger partial charge in [0.05, 0.1) is 6.54 Å². The number of hydrogen-bond donors (Lipinski definition) is 1. The van der Waals surface area contributed by atoms with E-state index in [9.17, 15) is 4.39 Å². The Morgan fingerprint density at radius 1 is 1.30 bits per heavy atom. The van der Waals surface area contributed by atoms with E-state index in [-0.39, 0.29) is 5.82 Å². The highest BCUT2D eigenvalue weighted by atomic mass is 32.2. The number of thioether (sulfide) groups is 1. The molecule has 20 heavy (non-hydrogen) atoms. The van der Waals surface area contributed by atoms with Crippen molar-refractivity contribution < 1.29 is 4.39 Å². The molecular weight excluding hydrogens is 277 g/mol. The van der Waals surface area contributed by atoms with Crippen LogP contribution >= 0.6 is 11.8 Å². The fraction of sp³-hybridized carbons (Fsp3) is 0.462. The minimum absolute atomic E-state index is 0.213. The van der Waals surface area contributed by atoms with Gasteiger partial charge >= 0.3 is 0 Å². The third kappa shape index (κ3) is 3.77. The van der Waals surface area contributed by atoms with Crippen LogP contribution in [0.15, 0.2) is 29.4 Å². The molecule has 106 valence electrons. The van der Waals surface area contributed by atoms with Crippen molar-refractivity contribution in [2.45, 2.75) is 36.3 Å². The summed E-state index contributed by atoms with van der Waals surface area (Å²) in [4.78, 5) is 0. The predicted octanol–water partition coefficient (Wildman–Crippen LogP) is 1.86. The minimum atomic E-state index is -0.213. The molecule has 1 heterocycles. The highest BCUT2D eigenvalue weighted by Gasteiger charge is 2.20. The Hall–Kier alpha value is -1.47. The van der Waals surface area contributed by atoms with Gasteiger partial charge < -0.3 is 5.32 Å². The van der Waals surface area contributed by atoms with Crippen LogP contribution in [0.2, 0.25) is 0 Å². The highest BCUT2D eigenvalue weighted by Crippen LogP contribution is 2.20. The smallest absolute Gasteiger partial charge is 0.209 e. The molecule has 1 fully saturated rings. The standard InChI is InChI=1S/C13H16FN5S/c14-11-3-1-10(2-4-11)9-20-13-16-17-18-19(13)8-7-15-12-5-6-12/h1-4,12,15H,5-9H2. The largest absolute Gasteiger partial charge is 0.312 e. The maximum absolute atomic E-state index is 12.8. The van der Waals surface area contributed by atoms with Crippen LogP contribution in [0.3, 0.4) is 0 Å². The monoisotopic (exact) mass is 293 g/mol. The summed E-state index contributed by atoms with van der Waals surface area (Å²) in [5.74, 6) is 0.520. The Bertz CT molecular complexity index is 552. The molecule has 1 N–H and O–H groups in total. The maximum Gasteiger partial charge on any atom is 0.209 e. The van der Waals surface area contributed by atoms with Crippen molar-refractivity contribution in [1.82, 2.24) is 25.5 Å². The van der Waals surface area contributed by atoms with Crippen molar-refractivity contribution in [3.05, 3.63) is 35.6 Å². The first-order valence-electron chi connectivity index (χ1n) is 6.68. The predicted molar refractivity (Wildman–Crippen MR) is 74.8 cm³/mol. The van der Waals surface area contributed by atoms with Gasteiger partial charge in [-0.05, 0) is 41.0 Å².